The topological polar surface area (TPSA) is 81.4 Å². The Labute approximate surface area is 138 Å². The molecule has 6 nitrogen and oxygen atoms in total. The molecule has 3 aromatic rings. The van der Waals surface area contributed by atoms with Crippen LogP contribution in [0.2, 0.25) is 5.02 Å². The SMILES string of the molecule is COc1cc2onc(C)c2cc1NS(=O)(=O)c1ccccc1Cl. The number of aromatic nitrogens is 1. The molecule has 0 bridgehead atoms. The van der Waals surface area contributed by atoms with Gasteiger partial charge in [-0.3, -0.25) is 4.72 Å². The number of hydrogen-bond donors (Lipinski definition) is 1. The first-order valence-electron chi connectivity index (χ1n) is 6.64. The molecule has 0 aliphatic carbocycles. The number of nitrogens with zero attached hydrogens (tertiary/aromatic N) is 1. The summed E-state index contributed by atoms with van der Waals surface area (Å²) in [5, 5.41) is 4.69. The Morgan fingerprint density at radius 3 is 2.70 bits per heavy atom. The van der Waals surface area contributed by atoms with Crippen LogP contribution < -0.4 is 9.46 Å². The summed E-state index contributed by atoms with van der Waals surface area (Å²) in [6.07, 6.45) is 0. The lowest BCUT2D eigenvalue weighted by Gasteiger charge is -2.12. The van der Waals surface area contributed by atoms with Crippen molar-refractivity contribution < 1.29 is 17.7 Å². The van der Waals surface area contributed by atoms with Gasteiger partial charge in [-0.25, -0.2) is 8.42 Å². The number of hydrogen-bond acceptors (Lipinski definition) is 5. The van der Waals surface area contributed by atoms with Crippen LogP contribution in [0.15, 0.2) is 45.8 Å². The Morgan fingerprint density at radius 1 is 1.26 bits per heavy atom. The van der Waals surface area contributed by atoms with Crippen molar-refractivity contribution in [1.29, 1.82) is 0 Å². The highest BCUT2D eigenvalue weighted by molar-refractivity contribution is 7.92. The number of aryl methyl sites for hydroxylation is 1. The van der Waals surface area contributed by atoms with Crippen molar-refractivity contribution in [2.45, 2.75) is 11.8 Å². The van der Waals surface area contributed by atoms with Gasteiger partial charge in [0.2, 0.25) is 0 Å². The van der Waals surface area contributed by atoms with Crippen LogP contribution in [0, 0.1) is 6.92 Å². The molecule has 0 saturated heterocycles. The number of halogens is 1. The number of anilines is 1. The van der Waals surface area contributed by atoms with Gasteiger partial charge < -0.3 is 9.26 Å². The Hall–Kier alpha value is -2.25. The van der Waals surface area contributed by atoms with E-state index in [2.05, 4.69) is 9.88 Å². The number of ether oxygens (including phenoxy) is 1. The third kappa shape index (κ3) is 2.85. The van der Waals surface area contributed by atoms with Gasteiger partial charge in [0.25, 0.3) is 10.0 Å². The Bertz CT molecular complexity index is 982. The minimum Gasteiger partial charge on any atom is -0.494 e. The number of fused-ring (bicyclic) bond motifs is 1. The van der Waals surface area contributed by atoms with E-state index in [0.717, 1.165) is 0 Å². The monoisotopic (exact) mass is 352 g/mol. The molecule has 0 fully saturated rings. The zero-order valence-corrected chi connectivity index (χ0v) is 13.9. The Kier molecular flexibility index (Phi) is 3.91. The lowest BCUT2D eigenvalue weighted by molar-refractivity contribution is 0.413. The van der Waals surface area contributed by atoms with Crippen molar-refractivity contribution in [3.05, 3.63) is 47.1 Å². The summed E-state index contributed by atoms with van der Waals surface area (Å²) in [5.41, 5.74) is 1.45. The summed E-state index contributed by atoms with van der Waals surface area (Å²) in [6.45, 7) is 1.77. The fraction of sp³-hybridized carbons (Fsp3) is 0.133. The van der Waals surface area contributed by atoms with Gasteiger partial charge in [0.05, 0.1) is 23.5 Å². The molecule has 0 aliphatic rings. The molecule has 120 valence electrons. The van der Waals surface area contributed by atoms with E-state index >= 15 is 0 Å². The molecule has 0 radical (unpaired) electrons. The van der Waals surface area contributed by atoms with E-state index in [4.69, 9.17) is 20.9 Å². The summed E-state index contributed by atoms with van der Waals surface area (Å²) >= 11 is 5.98. The van der Waals surface area contributed by atoms with Crippen molar-refractivity contribution >= 4 is 38.3 Å². The van der Waals surface area contributed by atoms with Crippen LogP contribution >= 0.6 is 11.6 Å². The summed E-state index contributed by atoms with van der Waals surface area (Å²) in [6, 6.07) is 9.41. The second-order valence-electron chi connectivity index (χ2n) is 4.85. The van der Waals surface area contributed by atoms with Crippen LogP contribution in [0.1, 0.15) is 5.69 Å². The highest BCUT2D eigenvalue weighted by Crippen LogP contribution is 2.34. The molecule has 8 heteroatoms. The van der Waals surface area contributed by atoms with E-state index in [0.29, 0.717) is 22.4 Å². The van der Waals surface area contributed by atoms with Gasteiger partial charge in [-0.1, -0.05) is 28.9 Å². The first-order chi connectivity index (χ1) is 10.9. The summed E-state index contributed by atoms with van der Waals surface area (Å²) < 4.78 is 38.0. The molecule has 0 aliphatic heterocycles. The molecule has 0 unspecified atom stereocenters. The van der Waals surface area contributed by atoms with Crippen LogP contribution in [0.25, 0.3) is 11.0 Å². The van der Waals surface area contributed by atoms with Crippen LogP contribution in [0.3, 0.4) is 0 Å². The normalized spacial score (nSPS) is 11.6. The van der Waals surface area contributed by atoms with Gasteiger partial charge >= 0.3 is 0 Å². The van der Waals surface area contributed by atoms with Crippen molar-refractivity contribution in [3.63, 3.8) is 0 Å². The first-order valence-corrected chi connectivity index (χ1v) is 8.50. The van der Waals surface area contributed by atoms with E-state index in [1.165, 1.54) is 19.2 Å². The lowest BCUT2D eigenvalue weighted by Crippen LogP contribution is -2.14. The second kappa shape index (κ2) is 5.75. The third-order valence-corrected chi connectivity index (χ3v) is 5.21. The second-order valence-corrected chi connectivity index (χ2v) is 6.91. The average molecular weight is 353 g/mol. The van der Waals surface area contributed by atoms with Crippen molar-refractivity contribution in [3.8, 4) is 5.75 Å². The van der Waals surface area contributed by atoms with E-state index in [1.54, 1.807) is 31.2 Å². The van der Waals surface area contributed by atoms with Crippen LogP contribution in [0.4, 0.5) is 5.69 Å². The Balaban J connectivity index is 2.10. The summed E-state index contributed by atoms with van der Waals surface area (Å²) in [4.78, 5) is -0.00847. The molecular weight excluding hydrogens is 340 g/mol. The predicted octanol–water partition coefficient (Wildman–Crippen LogP) is 3.60. The predicted molar refractivity (Wildman–Crippen MR) is 87.6 cm³/mol. The van der Waals surface area contributed by atoms with E-state index < -0.39 is 10.0 Å². The molecule has 3 rings (SSSR count). The maximum atomic E-state index is 12.6. The van der Waals surface area contributed by atoms with E-state index in [1.807, 2.05) is 0 Å². The quantitative estimate of drug-likeness (QED) is 0.775. The van der Waals surface area contributed by atoms with Gasteiger partial charge in [-0.05, 0) is 25.1 Å². The highest BCUT2D eigenvalue weighted by Gasteiger charge is 2.20. The first kappa shape index (κ1) is 15.6. The molecule has 1 aromatic heterocycles. The fourth-order valence-corrected chi connectivity index (χ4v) is 3.78. The number of sulfonamides is 1. The molecule has 0 atom stereocenters. The largest absolute Gasteiger partial charge is 0.494 e. The zero-order chi connectivity index (χ0) is 16.6. The zero-order valence-electron chi connectivity index (χ0n) is 12.3. The van der Waals surface area contributed by atoms with Crippen molar-refractivity contribution in [2.24, 2.45) is 0 Å². The molecule has 1 N–H and O–H groups in total. The van der Waals surface area contributed by atoms with Crippen molar-refractivity contribution in [2.75, 3.05) is 11.8 Å². The van der Waals surface area contributed by atoms with E-state index in [9.17, 15) is 8.42 Å². The molecule has 1 heterocycles. The van der Waals surface area contributed by atoms with Crippen LogP contribution in [0.5, 0.6) is 5.75 Å². The molecule has 0 spiro atoms. The number of benzene rings is 2. The maximum absolute atomic E-state index is 12.6. The Morgan fingerprint density at radius 2 is 2.00 bits per heavy atom. The highest BCUT2D eigenvalue weighted by atomic mass is 35.5. The van der Waals surface area contributed by atoms with Gasteiger partial charge in [-0.15, -0.1) is 0 Å². The van der Waals surface area contributed by atoms with Crippen molar-refractivity contribution in [1.82, 2.24) is 5.16 Å². The van der Waals surface area contributed by atoms with Crippen LogP contribution in [-0.4, -0.2) is 20.7 Å². The number of rotatable bonds is 4. The number of nitrogens with one attached hydrogen (secondary N) is 1. The molecule has 0 saturated carbocycles. The fourth-order valence-electron chi connectivity index (χ4n) is 2.20. The maximum Gasteiger partial charge on any atom is 0.263 e. The lowest BCUT2D eigenvalue weighted by atomic mass is 10.2. The summed E-state index contributed by atoms with van der Waals surface area (Å²) in [7, 11) is -2.41. The smallest absolute Gasteiger partial charge is 0.263 e. The standard InChI is InChI=1S/C15H13ClN2O4S/c1-9-10-7-12(14(21-2)8-13(10)22-17-9)18-23(19,20)15-6-4-3-5-11(15)16/h3-8,18H,1-2H3. The van der Waals surface area contributed by atoms with Crippen LogP contribution in [-0.2, 0) is 10.0 Å². The average Bonchev–Trinajstić information content (AvgIpc) is 2.87. The molecule has 23 heavy (non-hydrogen) atoms. The number of methoxy groups -OCH3 is 1. The van der Waals surface area contributed by atoms with E-state index in [-0.39, 0.29) is 15.6 Å². The minimum absolute atomic E-state index is 0.00847. The van der Waals surface area contributed by atoms with Gasteiger partial charge in [-0.2, -0.15) is 0 Å². The van der Waals surface area contributed by atoms with Gasteiger partial charge in [0, 0.05) is 11.5 Å². The molecule has 0 amide bonds. The molecular formula is C15H13ClN2O4S. The van der Waals surface area contributed by atoms with Gasteiger partial charge in [0.1, 0.15) is 10.6 Å². The summed E-state index contributed by atoms with van der Waals surface area (Å²) in [5.74, 6) is 0.323. The molecule has 2 aromatic carbocycles. The minimum atomic E-state index is -3.85. The third-order valence-electron chi connectivity index (χ3n) is 3.34. The van der Waals surface area contributed by atoms with Gasteiger partial charge in [0.15, 0.2) is 5.58 Å².